The number of methoxy groups -OCH3 is 1. The van der Waals surface area contributed by atoms with Crippen molar-refractivity contribution in [2.75, 3.05) is 18.6 Å². The number of fused-ring (bicyclic) bond motifs is 1. The van der Waals surface area contributed by atoms with Crippen LogP contribution in [0.15, 0.2) is 109 Å². The van der Waals surface area contributed by atoms with E-state index >= 15 is 0 Å². The third-order valence-corrected chi connectivity index (χ3v) is 8.95. The number of esters is 1. The lowest BCUT2D eigenvalue weighted by atomic mass is 9.95. The number of anilines is 1. The number of rotatable bonds is 14. The van der Waals surface area contributed by atoms with E-state index in [2.05, 4.69) is 15.6 Å². The molecule has 2 atom stereocenters. The predicted molar refractivity (Wildman–Crippen MR) is 212 cm³/mol. The minimum atomic E-state index is -0.974. The topological polar surface area (TPSA) is 147 Å². The molecular formula is C44H48N4O7. The number of phenols is 1. The van der Waals surface area contributed by atoms with Gasteiger partial charge in [0.25, 0.3) is 0 Å². The van der Waals surface area contributed by atoms with Crippen molar-refractivity contribution in [1.29, 1.82) is 0 Å². The Labute approximate surface area is 321 Å². The first kappa shape index (κ1) is 40.0. The number of ether oxygens (including phenoxy) is 2. The van der Waals surface area contributed by atoms with Gasteiger partial charge in [-0.15, -0.1) is 0 Å². The lowest BCUT2D eigenvalue weighted by Crippen LogP contribution is -2.49. The molecule has 11 heteroatoms. The van der Waals surface area contributed by atoms with Crippen molar-refractivity contribution in [2.24, 2.45) is 0 Å². The lowest BCUT2D eigenvalue weighted by Gasteiger charge is -2.27. The van der Waals surface area contributed by atoms with Crippen LogP contribution >= 0.6 is 0 Å². The fraction of sp³-hybridized carbons (Fsp3) is 0.295. The standard InChI is InChI=1S/C44H48N4O7/c1-29-23-24-45-39(26-29)48(43(53)55-44(2,3)4)25-11-16-40(50)46-37(27-30-12-7-6-8-13-30)42(52)47-36(28-41(51)54-5)32-19-17-31(18-20-32)33-21-22-38(49)35-15-10-9-14-34(33)35/h6-10,12-15,17-24,26,36-37,49H,11,16,25,27-28H2,1-5H3,(H,46,50)(H,47,52)/t36-,37-/m0/s1. The molecule has 3 amide bonds. The second kappa shape index (κ2) is 18.2. The molecule has 0 fully saturated rings. The lowest BCUT2D eigenvalue weighted by molar-refractivity contribution is -0.141. The summed E-state index contributed by atoms with van der Waals surface area (Å²) in [6.45, 7) is 7.40. The molecule has 0 radical (unpaired) electrons. The number of hydrogen-bond acceptors (Lipinski definition) is 8. The number of phenolic OH excluding ortho intramolecular Hbond substituents is 1. The molecule has 0 unspecified atom stereocenters. The summed E-state index contributed by atoms with van der Waals surface area (Å²) in [5.41, 5.74) is 3.49. The van der Waals surface area contributed by atoms with E-state index in [1.807, 2.05) is 97.9 Å². The van der Waals surface area contributed by atoms with Crippen molar-refractivity contribution in [3.63, 3.8) is 0 Å². The van der Waals surface area contributed by atoms with Crippen LogP contribution in [-0.2, 0) is 30.3 Å². The van der Waals surface area contributed by atoms with Crippen LogP contribution in [0, 0.1) is 6.92 Å². The van der Waals surface area contributed by atoms with Gasteiger partial charge in [-0.1, -0.05) is 84.9 Å². The van der Waals surface area contributed by atoms with E-state index in [-0.39, 0.29) is 43.9 Å². The molecule has 4 aromatic carbocycles. The van der Waals surface area contributed by atoms with Gasteiger partial charge in [0.1, 0.15) is 23.2 Å². The zero-order valence-electron chi connectivity index (χ0n) is 31.9. The van der Waals surface area contributed by atoms with Crippen LogP contribution in [0.5, 0.6) is 5.75 Å². The molecule has 3 N–H and O–H groups in total. The van der Waals surface area contributed by atoms with Gasteiger partial charge >= 0.3 is 12.1 Å². The Morgan fingerprint density at radius 3 is 2.22 bits per heavy atom. The third kappa shape index (κ3) is 11.1. The van der Waals surface area contributed by atoms with Gasteiger partial charge in [0.2, 0.25) is 11.8 Å². The van der Waals surface area contributed by atoms with Crippen LogP contribution in [0.3, 0.4) is 0 Å². The van der Waals surface area contributed by atoms with Gasteiger partial charge in [0.15, 0.2) is 0 Å². The number of aromatic hydroxyl groups is 1. The molecule has 11 nitrogen and oxygen atoms in total. The van der Waals surface area contributed by atoms with Crippen LogP contribution in [0.25, 0.3) is 21.9 Å². The summed E-state index contributed by atoms with van der Waals surface area (Å²) < 4.78 is 10.6. The molecule has 0 saturated heterocycles. The third-order valence-electron chi connectivity index (χ3n) is 8.95. The predicted octanol–water partition coefficient (Wildman–Crippen LogP) is 7.59. The first-order valence-electron chi connectivity index (χ1n) is 18.3. The summed E-state index contributed by atoms with van der Waals surface area (Å²) in [6, 6.07) is 29.8. The highest BCUT2D eigenvalue weighted by molar-refractivity contribution is 6.00. The Bertz CT molecular complexity index is 2110. The van der Waals surface area contributed by atoms with Crippen LogP contribution in [0.1, 0.15) is 62.8 Å². The molecule has 0 aliphatic heterocycles. The first-order valence-corrected chi connectivity index (χ1v) is 18.3. The Morgan fingerprint density at radius 2 is 1.55 bits per heavy atom. The van der Waals surface area contributed by atoms with E-state index in [9.17, 15) is 24.3 Å². The molecular weight excluding hydrogens is 697 g/mol. The average Bonchev–Trinajstić information content (AvgIpc) is 3.16. The normalized spacial score (nSPS) is 12.3. The number of nitrogens with zero attached hydrogens (tertiary/aromatic N) is 2. The quantitative estimate of drug-likeness (QED) is 0.0987. The fourth-order valence-electron chi connectivity index (χ4n) is 6.21. The zero-order chi connectivity index (χ0) is 39.5. The maximum absolute atomic E-state index is 14.0. The van der Waals surface area contributed by atoms with Crippen LogP contribution in [-0.4, -0.2) is 59.3 Å². The summed E-state index contributed by atoms with van der Waals surface area (Å²) >= 11 is 0. The van der Waals surface area contributed by atoms with Crippen LogP contribution in [0.4, 0.5) is 10.6 Å². The second-order valence-electron chi connectivity index (χ2n) is 14.4. The minimum absolute atomic E-state index is 0.0165. The summed E-state index contributed by atoms with van der Waals surface area (Å²) in [6.07, 6.45) is 1.39. The number of amides is 3. The summed E-state index contributed by atoms with van der Waals surface area (Å²) in [7, 11) is 1.29. The van der Waals surface area contributed by atoms with Gasteiger partial charge in [-0.2, -0.15) is 0 Å². The molecule has 286 valence electrons. The van der Waals surface area contributed by atoms with Crippen molar-refractivity contribution in [2.45, 2.75) is 71.1 Å². The summed E-state index contributed by atoms with van der Waals surface area (Å²) in [4.78, 5) is 59.0. The number of carbonyl (C=O) groups excluding carboxylic acids is 4. The van der Waals surface area contributed by atoms with E-state index in [4.69, 9.17) is 9.47 Å². The second-order valence-corrected chi connectivity index (χ2v) is 14.4. The maximum atomic E-state index is 14.0. The highest BCUT2D eigenvalue weighted by atomic mass is 16.6. The minimum Gasteiger partial charge on any atom is -0.507 e. The van der Waals surface area contributed by atoms with Gasteiger partial charge in [0, 0.05) is 31.0 Å². The maximum Gasteiger partial charge on any atom is 0.416 e. The number of aromatic nitrogens is 1. The molecule has 0 saturated carbocycles. The molecule has 0 aliphatic rings. The highest BCUT2D eigenvalue weighted by Gasteiger charge is 2.28. The van der Waals surface area contributed by atoms with Crippen molar-refractivity contribution >= 4 is 40.5 Å². The molecule has 55 heavy (non-hydrogen) atoms. The zero-order valence-corrected chi connectivity index (χ0v) is 31.9. The van der Waals surface area contributed by atoms with Crippen LogP contribution in [0.2, 0.25) is 0 Å². The molecule has 0 spiro atoms. The monoisotopic (exact) mass is 744 g/mol. The Balaban J connectivity index is 1.32. The van der Waals surface area contributed by atoms with Gasteiger partial charge in [-0.3, -0.25) is 19.3 Å². The Kier molecular flexibility index (Phi) is 13.2. The van der Waals surface area contributed by atoms with E-state index in [1.54, 1.807) is 39.1 Å². The molecule has 1 aromatic heterocycles. The van der Waals surface area contributed by atoms with Crippen LogP contribution < -0.4 is 15.5 Å². The average molecular weight is 745 g/mol. The van der Waals surface area contributed by atoms with E-state index < -0.39 is 35.7 Å². The molecule has 1 heterocycles. The molecule has 0 bridgehead atoms. The van der Waals surface area contributed by atoms with Crippen molar-refractivity contribution < 1.29 is 33.8 Å². The number of benzene rings is 4. The number of aryl methyl sites for hydroxylation is 1. The Hall–Kier alpha value is -6.23. The number of carbonyl (C=O) groups is 4. The summed E-state index contributed by atoms with van der Waals surface area (Å²) in [5, 5.41) is 17.9. The highest BCUT2D eigenvalue weighted by Crippen LogP contribution is 2.34. The van der Waals surface area contributed by atoms with Crippen molar-refractivity contribution in [3.8, 4) is 16.9 Å². The number of nitrogens with one attached hydrogen (secondary N) is 2. The Morgan fingerprint density at radius 1 is 0.855 bits per heavy atom. The van der Waals surface area contributed by atoms with Gasteiger partial charge in [0.05, 0.1) is 19.6 Å². The molecule has 5 rings (SSSR count). The smallest absolute Gasteiger partial charge is 0.416 e. The molecule has 0 aliphatic carbocycles. The van der Waals surface area contributed by atoms with Gasteiger partial charge in [-0.25, -0.2) is 9.78 Å². The summed E-state index contributed by atoms with van der Waals surface area (Å²) in [5.74, 6) is -0.764. The van der Waals surface area contributed by atoms with Crippen molar-refractivity contribution in [1.82, 2.24) is 15.6 Å². The largest absolute Gasteiger partial charge is 0.507 e. The SMILES string of the molecule is COC(=O)C[C@H](NC(=O)[C@H](Cc1ccccc1)NC(=O)CCCN(C(=O)OC(C)(C)C)c1cc(C)ccn1)c1ccc(-c2ccc(O)c3ccccc23)cc1. The van der Waals surface area contributed by atoms with Gasteiger partial charge < -0.3 is 25.2 Å². The number of hydrogen-bond donors (Lipinski definition) is 3. The van der Waals surface area contributed by atoms with E-state index in [0.29, 0.717) is 11.4 Å². The number of pyridine rings is 1. The van der Waals surface area contributed by atoms with Gasteiger partial charge in [-0.05, 0) is 85.5 Å². The van der Waals surface area contributed by atoms with Crippen molar-refractivity contribution in [3.05, 3.63) is 126 Å². The molecule has 5 aromatic rings. The first-order chi connectivity index (χ1) is 26.3. The van der Waals surface area contributed by atoms with E-state index in [0.717, 1.165) is 33.0 Å². The fourth-order valence-corrected chi connectivity index (χ4v) is 6.21. The van der Waals surface area contributed by atoms with E-state index in [1.165, 1.54) is 12.0 Å².